The topological polar surface area (TPSA) is 20.3 Å². The summed E-state index contributed by atoms with van der Waals surface area (Å²) in [6.45, 7) is 9.96. The summed E-state index contributed by atoms with van der Waals surface area (Å²) >= 11 is 0. The van der Waals surface area contributed by atoms with Gasteiger partial charge in [0, 0.05) is 17.6 Å². The Hall–Kier alpha value is -2.53. The normalized spacial score (nSPS) is 17.1. The Labute approximate surface area is 120 Å². The van der Waals surface area contributed by atoms with Crippen LogP contribution in [0.15, 0.2) is 60.8 Å². The zero-order valence-electron chi connectivity index (χ0n) is 11.6. The van der Waals surface area contributed by atoms with Crippen molar-refractivity contribution in [2.45, 2.75) is 19.9 Å². The number of fused-ring (bicyclic) bond motifs is 1. The number of carbonyl (C=O) groups excluding carboxylic acids is 1. The Morgan fingerprint density at radius 3 is 2.70 bits per heavy atom. The van der Waals surface area contributed by atoms with E-state index in [2.05, 4.69) is 25.0 Å². The van der Waals surface area contributed by atoms with Gasteiger partial charge in [-0.05, 0) is 17.7 Å². The lowest BCUT2D eigenvalue weighted by atomic mass is 10.0. The number of hydrogen-bond acceptors (Lipinski definition) is 1. The van der Waals surface area contributed by atoms with Crippen molar-refractivity contribution in [2.75, 3.05) is 0 Å². The first kappa shape index (κ1) is 13.9. The van der Waals surface area contributed by atoms with Gasteiger partial charge in [-0.15, -0.1) is 0 Å². The second-order valence-electron chi connectivity index (χ2n) is 4.45. The van der Waals surface area contributed by atoms with Gasteiger partial charge in [0.05, 0.1) is 12.2 Å². The van der Waals surface area contributed by atoms with Crippen LogP contribution in [0.1, 0.15) is 24.5 Å². The SMILES string of the molecule is C=C/C1=C(\C=C)N(C(=O)CC)Cc2ccccc2C#C1. The zero-order valence-corrected chi connectivity index (χ0v) is 11.6. The molecule has 0 radical (unpaired) electrons. The molecule has 1 heterocycles. The van der Waals surface area contributed by atoms with Gasteiger partial charge in [0.25, 0.3) is 0 Å². The first-order chi connectivity index (χ1) is 9.71. The molecule has 1 aromatic rings. The largest absolute Gasteiger partial charge is 0.307 e. The van der Waals surface area contributed by atoms with Gasteiger partial charge in [0.15, 0.2) is 0 Å². The standard InChI is InChI=1S/C18H17NO/c1-4-14-11-12-15-9-7-8-10-16(15)13-19(17(14)5-2)18(20)6-3/h4-5,7-10H,1-2,6,13H2,3H3/b17-14-. The van der Waals surface area contributed by atoms with Crippen LogP contribution in [-0.2, 0) is 11.3 Å². The molecule has 0 N–H and O–H groups in total. The Morgan fingerprint density at radius 2 is 2.05 bits per heavy atom. The molecule has 2 rings (SSSR count). The highest BCUT2D eigenvalue weighted by Crippen LogP contribution is 2.21. The van der Waals surface area contributed by atoms with Gasteiger partial charge >= 0.3 is 0 Å². The molecule has 0 atom stereocenters. The van der Waals surface area contributed by atoms with E-state index in [-0.39, 0.29) is 5.91 Å². The predicted molar refractivity (Wildman–Crippen MR) is 81.6 cm³/mol. The number of nitrogens with zero attached hydrogens (tertiary/aromatic N) is 1. The number of amides is 1. The average Bonchev–Trinajstić information content (AvgIpc) is 2.47. The fraction of sp³-hybridized carbons (Fsp3) is 0.167. The molecule has 1 aliphatic rings. The van der Waals surface area contributed by atoms with E-state index < -0.39 is 0 Å². The molecule has 0 saturated carbocycles. The van der Waals surface area contributed by atoms with Gasteiger partial charge in [-0.1, -0.05) is 56.2 Å². The molecule has 0 bridgehead atoms. The average molecular weight is 263 g/mol. The molecule has 20 heavy (non-hydrogen) atoms. The van der Waals surface area contributed by atoms with Crippen LogP contribution in [-0.4, -0.2) is 10.8 Å². The number of benzene rings is 1. The van der Waals surface area contributed by atoms with Crippen LogP contribution in [0.4, 0.5) is 0 Å². The highest BCUT2D eigenvalue weighted by molar-refractivity contribution is 5.79. The maximum Gasteiger partial charge on any atom is 0.227 e. The highest BCUT2D eigenvalue weighted by atomic mass is 16.2. The van der Waals surface area contributed by atoms with Crippen molar-refractivity contribution in [3.63, 3.8) is 0 Å². The third kappa shape index (κ3) is 2.57. The van der Waals surface area contributed by atoms with Crippen LogP contribution in [0, 0.1) is 11.8 Å². The van der Waals surface area contributed by atoms with Gasteiger partial charge in [-0.3, -0.25) is 4.79 Å². The maximum atomic E-state index is 12.2. The van der Waals surface area contributed by atoms with Crippen molar-refractivity contribution in [1.29, 1.82) is 0 Å². The van der Waals surface area contributed by atoms with Crippen LogP contribution >= 0.6 is 0 Å². The second kappa shape index (κ2) is 6.08. The van der Waals surface area contributed by atoms with Crippen molar-refractivity contribution in [3.05, 3.63) is 72.0 Å². The van der Waals surface area contributed by atoms with E-state index in [4.69, 9.17) is 0 Å². The molecule has 0 unspecified atom stereocenters. The molecule has 100 valence electrons. The Kier molecular flexibility index (Phi) is 4.22. The maximum absolute atomic E-state index is 12.2. The fourth-order valence-electron chi connectivity index (χ4n) is 2.17. The molecule has 0 fully saturated rings. The third-order valence-corrected chi connectivity index (χ3v) is 3.25. The minimum atomic E-state index is 0.0535. The molecule has 1 amide bonds. The lowest BCUT2D eigenvalue weighted by molar-refractivity contribution is -0.129. The van der Waals surface area contributed by atoms with Crippen molar-refractivity contribution in [1.82, 2.24) is 4.90 Å². The Bertz CT molecular complexity index is 655. The molecule has 1 aliphatic heterocycles. The highest BCUT2D eigenvalue weighted by Gasteiger charge is 2.19. The van der Waals surface area contributed by atoms with Crippen LogP contribution in [0.25, 0.3) is 0 Å². The van der Waals surface area contributed by atoms with Gasteiger partial charge < -0.3 is 4.90 Å². The Morgan fingerprint density at radius 1 is 1.30 bits per heavy atom. The predicted octanol–water partition coefficient (Wildman–Crippen LogP) is 3.42. The molecular weight excluding hydrogens is 246 g/mol. The van der Waals surface area contributed by atoms with E-state index in [1.54, 1.807) is 17.1 Å². The molecule has 0 aromatic heterocycles. The van der Waals surface area contributed by atoms with Crippen molar-refractivity contribution in [3.8, 4) is 11.8 Å². The molecule has 0 saturated heterocycles. The lowest BCUT2D eigenvalue weighted by Gasteiger charge is -2.26. The van der Waals surface area contributed by atoms with Crippen LogP contribution in [0.5, 0.6) is 0 Å². The van der Waals surface area contributed by atoms with E-state index in [0.717, 1.165) is 22.4 Å². The van der Waals surface area contributed by atoms with Crippen molar-refractivity contribution < 1.29 is 4.79 Å². The van der Waals surface area contributed by atoms with E-state index in [9.17, 15) is 4.79 Å². The van der Waals surface area contributed by atoms with E-state index in [1.807, 2.05) is 31.2 Å². The van der Waals surface area contributed by atoms with Gasteiger partial charge in [0.2, 0.25) is 5.91 Å². The quantitative estimate of drug-likeness (QED) is 0.765. The zero-order chi connectivity index (χ0) is 14.5. The first-order valence-electron chi connectivity index (χ1n) is 6.60. The summed E-state index contributed by atoms with van der Waals surface area (Å²) in [6.07, 6.45) is 3.79. The van der Waals surface area contributed by atoms with E-state index in [1.165, 1.54) is 0 Å². The monoisotopic (exact) mass is 263 g/mol. The van der Waals surface area contributed by atoms with Gasteiger partial charge in [0.1, 0.15) is 0 Å². The van der Waals surface area contributed by atoms with Gasteiger partial charge in [-0.25, -0.2) is 0 Å². The summed E-state index contributed by atoms with van der Waals surface area (Å²) in [5, 5.41) is 0. The molecule has 2 heteroatoms. The number of hydrogen-bond donors (Lipinski definition) is 0. The second-order valence-corrected chi connectivity index (χ2v) is 4.45. The number of rotatable bonds is 3. The summed E-state index contributed by atoms with van der Waals surface area (Å²) in [5.41, 5.74) is 3.46. The summed E-state index contributed by atoms with van der Waals surface area (Å²) in [4.78, 5) is 14.0. The molecule has 2 nitrogen and oxygen atoms in total. The molecule has 1 aromatic carbocycles. The van der Waals surface area contributed by atoms with E-state index in [0.29, 0.717) is 13.0 Å². The summed E-state index contributed by atoms with van der Waals surface area (Å²) in [7, 11) is 0. The number of carbonyl (C=O) groups is 1. The smallest absolute Gasteiger partial charge is 0.227 e. The van der Waals surface area contributed by atoms with Crippen LogP contribution in [0.3, 0.4) is 0 Å². The first-order valence-corrected chi connectivity index (χ1v) is 6.60. The van der Waals surface area contributed by atoms with Crippen LogP contribution in [0.2, 0.25) is 0 Å². The molecule has 0 aliphatic carbocycles. The van der Waals surface area contributed by atoms with Crippen molar-refractivity contribution in [2.24, 2.45) is 0 Å². The fourth-order valence-corrected chi connectivity index (χ4v) is 2.17. The lowest BCUT2D eigenvalue weighted by Crippen LogP contribution is -2.30. The number of allylic oxidation sites excluding steroid dienone is 3. The Balaban J connectivity index is 2.65. The summed E-state index contributed by atoms with van der Waals surface area (Å²) in [6, 6.07) is 7.88. The third-order valence-electron chi connectivity index (χ3n) is 3.25. The minimum Gasteiger partial charge on any atom is -0.307 e. The van der Waals surface area contributed by atoms with E-state index >= 15 is 0 Å². The molecule has 0 spiro atoms. The van der Waals surface area contributed by atoms with Crippen molar-refractivity contribution >= 4 is 5.91 Å². The minimum absolute atomic E-state index is 0.0535. The molecular formula is C18H17NO. The van der Waals surface area contributed by atoms with Crippen LogP contribution < -0.4 is 0 Å². The summed E-state index contributed by atoms with van der Waals surface area (Å²) in [5.74, 6) is 6.28. The summed E-state index contributed by atoms with van der Waals surface area (Å²) < 4.78 is 0. The van der Waals surface area contributed by atoms with Gasteiger partial charge in [-0.2, -0.15) is 0 Å².